The van der Waals surface area contributed by atoms with Crippen molar-refractivity contribution in [3.05, 3.63) is 0 Å². The van der Waals surface area contributed by atoms with Gasteiger partial charge in [-0.3, -0.25) is 4.79 Å². The Balaban J connectivity index is 2.21. The molecule has 1 aliphatic heterocycles. The number of nitrogens with zero attached hydrogens (tertiary/aromatic N) is 1. The Morgan fingerprint density at radius 1 is 1.53 bits per heavy atom. The maximum absolute atomic E-state index is 11.9. The topological polar surface area (TPSA) is 58.4 Å². The van der Waals surface area contributed by atoms with Crippen molar-refractivity contribution < 1.29 is 4.79 Å². The van der Waals surface area contributed by atoms with Crippen LogP contribution in [-0.4, -0.2) is 43.0 Å². The molecule has 100 valence electrons. The first-order valence-corrected chi connectivity index (χ1v) is 6.73. The van der Waals surface area contributed by atoms with E-state index in [-0.39, 0.29) is 11.9 Å². The molecule has 2 atom stereocenters. The minimum absolute atomic E-state index is 0.190. The molecule has 0 aliphatic carbocycles. The molecule has 4 nitrogen and oxygen atoms in total. The third kappa shape index (κ3) is 5.04. The summed E-state index contributed by atoms with van der Waals surface area (Å²) in [5, 5.41) is 3.35. The van der Waals surface area contributed by atoms with Gasteiger partial charge in [0.2, 0.25) is 5.91 Å². The molecule has 1 amide bonds. The van der Waals surface area contributed by atoms with Gasteiger partial charge in [-0.15, -0.1) is 0 Å². The summed E-state index contributed by atoms with van der Waals surface area (Å²) in [5.74, 6) is 0.718. The summed E-state index contributed by atoms with van der Waals surface area (Å²) in [6.45, 7) is 6.06. The Kier molecular flexibility index (Phi) is 5.92. The van der Waals surface area contributed by atoms with Crippen LogP contribution < -0.4 is 11.1 Å². The van der Waals surface area contributed by atoms with Gasteiger partial charge >= 0.3 is 0 Å². The van der Waals surface area contributed by atoms with Crippen LogP contribution in [0.4, 0.5) is 0 Å². The first-order valence-electron chi connectivity index (χ1n) is 6.73. The summed E-state index contributed by atoms with van der Waals surface area (Å²) < 4.78 is 0. The Bertz CT molecular complexity index is 237. The minimum Gasteiger partial charge on any atom is -0.346 e. The second-order valence-electron chi connectivity index (χ2n) is 5.51. The molecule has 0 aromatic rings. The van der Waals surface area contributed by atoms with E-state index in [9.17, 15) is 4.79 Å². The molecule has 2 unspecified atom stereocenters. The zero-order valence-electron chi connectivity index (χ0n) is 11.4. The average Bonchev–Trinajstić information content (AvgIpc) is 2.77. The van der Waals surface area contributed by atoms with Gasteiger partial charge in [-0.1, -0.05) is 13.8 Å². The molecule has 0 aromatic carbocycles. The predicted octanol–water partition coefficient (Wildman–Crippen LogP) is 0.960. The van der Waals surface area contributed by atoms with Crippen LogP contribution in [0.15, 0.2) is 0 Å². The van der Waals surface area contributed by atoms with Crippen molar-refractivity contribution in [3.63, 3.8) is 0 Å². The Morgan fingerprint density at radius 3 is 2.76 bits per heavy atom. The zero-order chi connectivity index (χ0) is 12.8. The number of nitrogens with two attached hydrogens (primary N) is 1. The fourth-order valence-corrected chi connectivity index (χ4v) is 2.10. The van der Waals surface area contributed by atoms with E-state index in [0.717, 1.165) is 25.9 Å². The van der Waals surface area contributed by atoms with Gasteiger partial charge in [0.1, 0.15) is 0 Å². The van der Waals surface area contributed by atoms with Gasteiger partial charge in [0.15, 0.2) is 0 Å². The summed E-state index contributed by atoms with van der Waals surface area (Å²) in [5.41, 5.74) is 5.98. The van der Waals surface area contributed by atoms with Gasteiger partial charge in [-0.05, 0) is 31.7 Å². The molecule has 0 radical (unpaired) electrons. The van der Waals surface area contributed by atoms with Crippen LogP contribution in [0, 0.1) is 5.92 Å². The van der Waals surface area contributed by atoms with Crippen LogP contribution in [0.1, 0.15) is 39.5 Å². The number of hydrogen-bond donors (Lipinski definition) is 2. The second kappa shape index (κ2) is 6.97. The van der Waals surface area contributed by atoms with Crippen molar-refractivity contribution >= 4 is 5.91 Å². The lowest BCUT2D eigenvalue weighted by Crippen LogP contribution is -2.37. The highest BCUT2D eigenvalue weighted by Gasteiger charge is 2.20. The van der Waals surface area contributed by atoms with E-state index in [1.807, 2.05) is 11.9 Å². The number of carbonyl (C=O) groups is 1. The molecule has 1 rings (SSSR count). The molecule has 1 aliphatic rings. The third-order valence-corrected chi connectivity index (χ3v) is 3.66. The van der Waals surface area contributed by atoms with Crippen LogP contribution in [-0.2, 0) is 4.79 Å². The van der Waals surface area contributed by atoms with E-state index in [1.54, 1.807) is 0 Å². The van der Waals surface area contributed by atoms with Crippen LogP contribution in [0.5, 0.6) is 0 Å². The van der Waals surface area contributed by atoms with E-state index < -0.39 is 0 Å². The molecule has 1 fully saturated rings. The molecule has 0 bridgehead atoms. The molecular formula is C13H27N3O. The van der Waals surface area contributed by atoms with E-state index in [1.165, 1.54) is 6.42 Å². The summed E-state index contributed by atoms with van der Waals surface area (Å²) in [6, 6.07) is 0.582. The highest BCUT2D eigenvalue weighted by atomic mass is 16.2. The number of nitrogens with one attached hydrogen (secondary N) is 1. The molecule has 0 saturated carbocycles. The summed E-state index contributed by atoms with van der Waals surface area (Å²) in [7, 11) is 1.88. The van der Waals surface area contributed by atoms with Gasteiger partial charge in [0.25, 0.3) is 0 Å². The van der Waals surface area contributed by atoms with Crippen molar-refractivity contribution in [2.24, 2.45) is 11.7 Å². The lowest BCUT2D eigenvalue weighted by molar-refractivity contribution is -0.130. The summed E-state index contributed by atoms with van der Waals surface area (Å²) in [4.78, 5) is 13.7. The van der Waals surface area contributed by atoms with Crippen molar-refractivity contribution in [1.29, 1.82) is 0 Å². The molecule has 0 spiro atoms. The molecule has 17 heavy (non-hydrogen) atoms. The predicted molar refractivity (Wildman–Crippen MR) is 70.7 cm³/mol. The first kappa shape index (κ1) is 14.5. The normalized spacial score (nSPS) is 21.8. The lowest BCUT2D eigenvalue weighted by Gasteiger charge is -2.22. The van der Waals surface area contributed by atoms with Gasteiger partial charge < -0.3 is 16.0 Å². The number of carbonyl (C=O) groups excluding carboxylic acids is 1. The molecular weight excluding hydrogens is 214 g/mol. The van der Waals surface area contributed by atoms with Crippen LogP contribution in [0.2, 0.25) is 0 Å². The van der Waals surface area contributed by atoms with Crippen LogP contribution >= 0.6 is 0 Å². The quantitative estimate of drug-likeness (QED) is 0.728. The fraction of sp³-hybridized carbons (Fsp3) is 0.923. The van der Waals surface area contributed by atoms with Crippen molar-refractivity contribution in [3.8, 4) is 0 Å². The Morgan fingerprint density at radius 2 is 2.24 bits per heavy atom. The smallest absolute Gasteiger partial charge is 0.223 e. The molecule has 3 N–H and O–H groups in total. The van der Waals surface area contributed by atoms with E-state index in [4.69, 9.17) is 5.73 Å². The third-order valence-electron chi connectivity index (χ3n) is 3.66. The van der Waals surface area contributed by atoms with Crippen molar-refractivity contribution in [1.82, 2.24) is 10.2 Å². The monoisotopic (exact) mass is 241 g/mol. The van der Waals surface area contributed by atoms with Crippen molar-refractivity contribution in [2.45, 2.75) is 51.6 Å². The summed E-state index contributed by atoms with van der Waals surface area (Å²) >= 11 is 0. The lowest BCUT2D eigenvalue weighted by atomic mass is 10.0. The van der Waals surface area contributed by atoms with Crippen LogP contribution in [0.3, 0.4) is 0 Å². The SMILES string of the molecule is CC(C)C(N)CCN(C)C(=O)CC1CCCN1. The van der Waals surface area contributed by atoms with Gasteiger partial charge in [-0.25, -0.2) is 0 Å². The van der Waals surface area contributed by atoms with Crippen molar-refractivity contribution in [2.75, 3.05) is 20.1 Å². The van der Waals surface area contributed by atoms with E-state index >= 15 is 0 Å². The number of amides is 1. The highest BCUT2D eigenvalue weighted by molar-refractivity contribution is 5.76. The number of hydrogen-bond acceptors (Lipinski definition) is 3. The van der Waals surface area contributed by atoms with Crippen LogP contribution in [0.25, 0.3) is 0 Å². The first-order chi connectivity index (χ1) is 8.00. The number of rotatable bonds is 6. The molecule has 0 aromatic heterocycles. The van der Waals surface area contributed by atoms with E-state index in [2.05, 4.69) is 19.2 Å². The second-order valence-corrected chi connectivity index (χ2v) is 5.51. The molecule has 1 heterocycles. The fourth-order valence-electron chi connectivity index (χ4n) is 2.10. The largest absolute Gasteiger partial charge is 0.346 e. The van der Waals surface area contributed by atoms with E-state index in [0.29, 0.717) is 18.4 Å². The molecule has 1 saturated heterocycles. The molecule has 4 heteroatoms. The minimum atomic E-state index is 0.190. The van der Waals surface area contributed by atoms with Gasteiger partial charge in [0, 0.05) is 32.1 Å². The highest BCUT2D eigenvalue weighted by Crippen LogP contribution is 2.10. The summed E-state index contributed by atoms with van der Waals surface area (Å²) in [6.07, 6.45) is 3.84. The average molecular weight is 241 g/mol. The standard InChI is InChI=1S/C13H27N3O/c1-10(2)12(14)6-8-16(3)13(17)9-11-5-4-7-15-11/h10-12,15H,4-9,14H2,1-3H3. The van der Waals surface area contributed by atoms with Gasteiger partial charge in [0.05, 0.1) is 0 Å². The maximum atomic E-state index is 11.9. The van der Waals surface area contributed by atoms with Gasteiger partial charge in [-0.2, -0.15) is 0 Å². The maximum Gasteiger partial charge on any atom is 0.223 e. The Labute approximate surface area is 105 Å². The Hall–Kier alpha value is -0.610. The zero-order valence-corrected chi connectivity index (χ0v) is 11.4.